The van der Waals surface area contributed by atoms with Crippen molar-refractivity contribution in [3.05, 3.63) is 89.6 Å². The molecule has 1 aromatic carbocycles. The van der Waals surface area contributed by atoms with Crippen molar-refractivity contribution in [3.63, 3.8) is 0 Å². The highest BCUT2D eigenvalue weighted by Gasteiger charge is 2.47. The maximum absolute atomic E-state index is 13.2. The van der Waals surface area contributed by atoms with Crippen molar-refractivity contribution in [2.75, 3.05) is 0 Å². The van der Waals surface area contributed by atoms with E-state index in [9.17, 15) is 4.79 Å². The number of hydrogen-bond donors (Lipinski definition) is 0. The van der Waals surface area contributed by atoms with Gasteiger partial charge in [-0.3, -0.25) is 9.78 Å². The second-order valence-corrected chi connectivity index (χ2v) is 6.97. The molecule has 2 atom stereocenters. The summed E-state index contributed by atoms with van der Waals surface area (Å²) in [6.45, 7) is 3.19. The van der Waals surface area contributed by atoms with Crippen molar-refractivity contribution >= 4 is 5.91 Å². The van der Waals surface area contributed by atoms with Crippen molar-refractivity contribution in [3.8, 4) is 0 Å². The predicted octanol–water partition coefficient (Wildman–Crippen LogP) is 4.32. The molecular weight excluding hydrogens is 324 g/mol. The molecule has 1 aliphatic rings. The van der Waals surface area contributed by atoms with E-state index in [2.05, 4.69) is 30.1 Å². The lowest BCUT2D eigenvalue weighted by Gasteiger charge is -2.23. The van der Waals surface area contributed by atoms with Crippen LogP contribution in [0.4, 0.5) is 0 Å². The molecule has 1 aliphatic carbocycles. The van der Waals surface area contributed by atoms with E-state index in [4.69, 9.17) is 4.42 Å². The SMILES string of the molecule is Cc1cccc(CN(Cc2ccccn2)C(=O)C2CC2c2ccco2)c1. The fourth-order valence-electron chi connectivity index (χ4n) is 3.45. The van der Waals surface area contributed by atoms with Crippen LogP contribution in [0.1, 0.15) is 34.9 Å². The largest absolute Gasteiger partial charge is 0.469 e. The number of benzene rings is 1. The first-order valence-corrected chi connectivity index (χ1v) is 8.98. The lowest BCUT2D eigenvalue weighted by Crippen LogP contribution is -2.32. The van der Waals surface area contributed by atoms with Crippen LogP contribution in [0.25, 0.3) is 0 Å². The van der Waals surface area contributed by atoms with Crippen LogP contribution in [0, 0.1) is 12.8 Å². The molecule has 1 fully saturated rings. The topological polar surface area (TPSA) is 46.3 Å². The van der Waals surface area contributed by atoms with Crippen LogP contribution in [-0.4, -0.2) is 15.8 Å². The van der Waals surface area contributed by atoms with Gasteiger partial charge < -0.3 is 9.32 Å². The summed E-state index contributed by atoms with van der Waals surface area (Å²) in [5.41, 5.74) is 3.25. The molecule has 0 aliphatic heterocycles. The molecule has 0 N–H and O–H groups in total. The number of aromatic nitrogens is 1. The van der Waals surface area contributed by atoms with Crippen LogP contribution >= 0.6 is 0 Å². The molecule has 0 saturated heterocycles. The van der Waals surface area contributed by atoms with Crippen molar-refractivity contribution in [2.45, 2.75) is 32.4 Å². The second-order valence-electron chi connectivity index (χ2n) is 6.97. The molecule has 26 heavy (non-hydrogen) atoms. The van der Waals surface area contributed by atoms with Gasteiger partial charge in [-0.15, -0.1) is 0 Å². The van der Waals surface area contributed by atoms with Gasteiger partial charge >= 0.3 is 0 Å². The highest BCUT2D eigenvalue weighted by Crippen LogP contribution is 2.48. The average molecular weight is 346 g/mol. The molecule has 3 aromatic rings. The van der Waals surface area contributed by atoms with Crippen molar-refractivity contribution in [1.82, 2.24) is 9.88 Å². The summed E-state index contributed by atoms with van der Waals surface area (Å²) >= 11 is 0. The number of carbonyl (C=O) groups is 1. The molecule has 2 unspecified atom stereocenters. The number of aryl methyl sites for hydroxylation is 1. The van der Waals surface area contributed by atoms with Crippen LogP contribution in [0.2, 0.25) is 0 Å². The van der Waals surface area contributed by atoms with Gasteiger partial charge in [-0.1, -0.05) is 35.9 Å². The summed E-state index contributed by atoms with van der Waals surface area (Å²) in [6.07, 6.45) is 4.31. The minimum absolute atomic E-state index is 0.00896. The molecule has 1 saturated carbocycles. The molecule has 2 heterocycles. The van der Waals surface area contributed by atoms with Gasteiger partial charge in [0.15, 0.2) is 0 Å². The Morgan fingerprint density at radius 3 is 2.81 bits per heavy atom. The van der Waals surface area contributed by atoms with Gasteiger partial charge in [-0.2, -0.15) is 0 Å². The third-order valence-corrected chi connectivity index (χ3v) is 4.86. The van der Waals surface area contributed by atoms with Gasteiger partial charge in [0.25, 0.3) is 0 Å². The third-order valence-electron chi connectivity index (χ3n) is 4.86. The Morgan fingerprint density at radius 2 is 2.08 bits per heavy atom. The minimum atomic E-state index is 0.00896. The van der Waals surface area contributed by atoms with Crippen LogP contribution < -0.4 is 0 Å². The monoisotopic (exact) mass is 346 g/mol. The maximum atomic E-state index is 13.2. The van der Waals surface area contributed by atoms with E-state index in [0.717, 1.165) is 23.4 Å². The van der Waals surface area contributed by atoms with Gasteiger partial charge in [-0.25, -0.2) is 0 Å². The molecule has 1 amide bonds. The maximum Gasteiger partial charge on any atom is 0.227 e. The number of carbonyl (C=O) groups excluding carboxylic acids is 1. The van der Waals surface area contributed by atoms with Gasteiger partial charge in [0.2, 0.25) is 5.91 Å². The molecule has 4 rings (SSSR count). The molecule has 0 radical (unpaired) electrons. The molecular formula is C22H22N2O2. The quantitative estimate of drug-likeness (QED) is 0.668. The zero-order valence-corrected chi connectivity index (χ0v) is 14.8. The summed E-state index contributed by atoms with van der Waals surface area (Å²) in [6, 6.07) is 18.0. The number of nitrogens with zero attached hydrogens (tertiary/aromatic N) is 2. The first-order valence-electron chi connectivity index (χ1n) is 8.98. The van der Waals surface area contributed by atoms with Crippen LogP contribution in [0.3, 0.4) is 0 Å². The Hall–Kier alpha value is -2.88. The molecule has 2 aromatic heterocycles. The first-order chi connectivity index (χ1) is 12.7. The van der Waals surface area contributed by atoms with Gasteiger partial charge in [0.1, 0.15) is 5.76 Å². The molecule has 4 nitrogen and oxygen atoms in total. The Morgan fingerprint density at radius 1 is 1.15 bits per heavy atom. The second kappa shape index (κ2) is 7.16. The van der Waals surface area contributed by atoms with E-state index in [1.807, 2.05) is 41.3 Å². The van der Waals surface area contributed by atoms with E-state index in [1.165, 1.54) is 5.56 Å². The van der Waals surface area contributed by atoms with Crippen LogP contribution in [-0.2, 0) is 17.9 Å². The molecule has 4 heteroatoms. The Kier molecular flexibility index (Phi) is 4.57. The van der Waals surface area contributed by atoms with Crippen molar-refractivity contribution in [2.24, 2.45) is 5.92 Å². The normalized spacial score (nSPS) is 18.5. The summed E-state index contributed by atoms with van der Waals surface area (Å²) in [7, 11) is 0. The molecule has 0 bridgehead atoms. The number of furan rings is 1. The average Bonchev–Trinajstić information content (AvgIpc) is 3.26. The minimum Gasteiger partial charge on any atom is -0.469 e. The third kappa shape index (κ3) is 3.69. The number of rotatable bonds is 6. The number of hydrogen-bond acceptors (Lipinski definition) is 3. The number of pyridine rings is 1. The fourth-order valence-corrected chi connectivity index (χ4v) is 3.45. The van der Waals surface area contributed by atoms with Gasteiger partial charge in [0, 0.05) is 24.6 Å². The lowest BCUT2D eigenvalue weighted by molar-refractivity contribution is -0.134. The predicted molar refractivity (Wildman–Crippen MR) is 99.2 cm³/mol. The summed E-state index contributed by atoms with van der Waals surface area (Å²) in [4.78, 5) is 19.5. The van der Waals surface area contributed by atoms with Crippen LogP contribution in [0.5, 0.6) is 0 Å². The van der Waals surface area contributed by atoms with Crippen LogP contribution in [0.15, 0.2) is 71.5 Å². The van der Waals surface area contributed by atoms with E-state index < -0.39 is 0 Å². The van der Waals surface area contributed by atoms with Crippen molar-refractivity contribution < 1.29 is 9.21 Å². The van der Waals surface area contributed by atoms with E-state index in [1.54, 1.807) is 12.5 Å². The fraction of sp³-hybridized carbons (Fsp3) is 0.273. The van der Waals surface area contributed by atoms with E-state index in [0.29, 0.717) is 13.1 Å². The first kappa shape index (κ1) is 16.6. The molecule has 0 spiro atoms. The highest BCUT2D eigenvalue weighted by atomic mass is 16.3. The summed E-state index contributed by atoms with van der Waals surface area (Å²) in [5, 5.41) is 0. The number of amides is 1. The van der Waals surface area contributed by atoms with Gasteiger partial charge in [0.05, 0.1) is 18.5 Å². The highest BCUT2D eigenvalue weighted by molar-refractivity contribution is 5.82. The standard InChI is InChI=1S/C22H22N2O2/c1-16-6-4-7-17(12-16)14-24(15-18-8-2-3-10-23-18)22(25)20-13-19(20)21-9-5-11-26-21/h2-12,19-20H,13-15H2,1H3. The van der Waals surface area contributed by atoms with E-state index in [-0.39, 0.29) is 17.7 Å². The smallest absolute Gasteiger partial charge is 0.227 e. The Balaban J connectivity index is 1.53. The lowest BCUT2D eigenvalue weighted by atomic mass is 10.1. The van der Waals surface area contributed by atoms with Crippen molar-refractivity contribution in [1.29, 1.82) is 0 Å². The molecule has 132 valence electrons. The Bertz CT molecular complexity index is 874. The zero-order valence-electron chi connectivity index (χ0n) is 14.8. The zero-order chi connectivity index (χ0) is 17.9. The van der Waals surface area contributed by atoms with Gasteiger partial charge in [-0.05, 0) is 43.2 Å². The van der Waals surface area contributed by atoms with E-state index >= 15 is 0 Å². The summed E-state index contributed by atoms with van der Waals surface area (Å²) in [5.74, 6) is 1.31. The Labute approximate surface area is 153 Å². The summed E-state index contributed by atoms with van der Waals surface area (Å²) < 4.78 is 5.49.